The van der Waals surface area contributed by atoms with Crippen LogP contribution in [0.1, 0.15) is 21.5 Å². The maximum absolute atomic E-state index is 12.8. The van der Waals surface area contributed by atoms with Gasteiger partial charge < -0.3 is 14.0 Å². The number of carbonyl (C=O) groups excluding carboxylic acids is 1. The van der Waals surface area contributed by atoms with E-state index in [2.05, 4.69) is 0 Å². The molecule has 148 valence electrons. The average molecular weight is 416 g/mol. The molecule has 0 saturated heterocycles. The van der Waals surface area contributed by atoms with Gasteiger partial charge in [-0.25, -0.2) is 0 Å². The van der Waals surface area contributed by atoms with Crippen molar-refractivity contribution in [2.45, 2.75) is 6.61 Å². The predicted octanol–water partition coefficient (Wildman–Crippen LogP) is 6.03. The highest BCUT2D eigenvalue weighted by Crippen LogP contribution is 2.36. The quantitative estimate of drug-likeness (QED) is 0.382. The number of aromatic nitrogens is 1. The van der Waals surface area contributed by atoms with Crippen LogP contribution in [0.3, 0.4) is 0 Å². The summed E-state index contributed by atoms with van der Waals surface area (Å²) in [5.74, 6) is 1.30. The summed E-state index contributed by atoms with van der Waals surface area (Å²) in [6, 6.07) is 20.9. The molecular formula is C25H18ClNO3. The maximum Gasteiger partial charge on any atom is 0.231 e. The van der Waals surface area contributed by atoms with Crippen LogP contribution < -0.4 is 9.47 Å². The number of halogens is 1. The molecule has 0 radical (unpaired) electrons. The van der Waals surface area contributed by atoms with E-state index in [0.29, 0.717) is 34.5 Å². The van der Waals surface area contributed by atoms with Gasteiger partial charge in [0.25, 0.3) is 0 Å². The maximum atomic E-state index is 12.8. The van der Waals surface area contributed by atoms with Crippen molar-refractivity contribution in [2.75, 3.05) is 0 Å². The highest BCUT2D eigenvalue weighted by Gasteiger charge is 2.28. The molecule has 0 unspecified atom stereocenters. The van der Waals surface area contributed by atoms with E-state index in [9.17, 15) is 4.79 Å². The summed E-state index contributed by atoms with van der Waals surface area (Å²) >= 11 is 6.18. The summed E-state index contributed by atoms with van der Waals surface area (Å²) in [6.45, 7) is 0.338. The lowest BCUT2D eigenvalue weighted by Crippen LogP contribution is -1.98. The molecule has 0 bridgehead atoms. The second kappa shape index (κ2) is 7.39. The molecule has 4 aromatic rings. The smallest absolute Gasteiger partial charge is 0.231 e. The molecule has 0 saturated carbocycles. The Morgan fingerprint density at radius 2 is 1.87 bits per heavy atom. The van der Waals surface area contributed by atoms with Crippen LogP contribution >= 0.6 is 11.6 Å². The summed E-state index contributed by atoms with van der Waals surface area (Å²) < 4.78 is 13.8. The summed E-state index contributed by atoms with van der Waals surface area (Å²) in [5.41, 5.74) is 3.47. The van der Waals surface area contributed by atoms with Crippen LogP contribution in [0.2, 0.25) is 5.02 Å². The zero-order valence-electron chi connectivity index (χ0n) is 16.3. The molecule has 0 amide bonds. The Labute approximate surface area is 178 Å². The minimum absolute atomic E-state index is 0.129. The standard InChI is InChI=1S/C25H18ClNO3/c1-27-14-17(19-7-3-5-9-22(19)27)12-24-25(28)20-11-10-18(13-23(20)30-24)29-15-16-6-2-4-8-21(16)26/h2-14H,15H2,1H3/b24-12+. The van der Waals surface area contributed by atoms with Gasteiger partial charge in [-0.15, -0.1) is 0 Å². The number of rotatable bonds is 4. The van der Waals surface area contributed by atoms with E-state index in [4.69, 9.17) is 21.1 Å². The molecule has 0 spiro atoms. The lowest BCUT2D eigenvalue weighted by Gasteiger charge is -2.08. The van der Waals surface area contributed by atoms with Crippen molar-refractivity contribution in [1.29, 1.82) is 0 Å². The van der Waals surface area contributed by atoms with Gasteiger partial charge in [0.2, 0.25) is 5.78 Å². The van der Waals surface area contributed by atoms with Gasteiger partial charge in [-0.05, 0) is 30.3 Å². The SMILES string of the molecule is Cn1cc(/C=C2/Oc3cc(OCc4ccccc4Cl)ccc3C2=O)c2ccccc21. The summed E-state index contributed by atoms with van der Waals surface area (Å²) in [6.07, 6.45) is 3.80. The van der Waals surface area contributed by atoms with Crippen LogP contribution in [0, 0.1) is 0 Å². The monoisotopic (exact) mass is 415 g/mol. The minimum atomic E-state index is -0.129. The molecule has 5 rings (SSSR count). The van der Waals surface area contributed by atoms with Crippen molar-refractivity contribution >= 4 is 34.4 Å². The number of benzene rings is 3. The molecule has 0 N–H and O–H groups in total. The van der Waals surface area contributed by atoms with E-state index in [1.165, 1.54) is 0 Å². The van der Waals surface area contributed by atoms with E-state index < -0.39 is 0 Å². The highest BCUT2D eigenvalue weighted by atomic mass is 35.5. The third kappa shape index (κ3) is 3.25. The van der Waals surface area contributed by atoms with Crippen LogP contribution in [0.5, 0.6) is 11.5 Å². The van der Waals surface area contributed by atoms with E-state index in [-0.39, 0.29) is 5.78 Å². The van der Waals surface area contributed by atoms with Crippen molar-refractivity contribution in [3.05, 3.63) is 100 Å². The Hall–Kier alpha value is -3.50. The van der Waals surface area contributed by atoms with Gasteiger partial charge >= 0.3 is 0 Å². The Bertz CT molecular complexity index is 1320. The van der Waals surface area contributed by atoms with E-state index in [1.807, 2.05) is 66.3 Å². The van der Waals surface area contributed by atoms with Gasteiger partial charge in [-0.2, -0.15) is 0 Å². The molecule has 0 aliphatic carbocycles. The van der Waals surface area contributed by atoms with Gasteiger partial charge in [0.05, 0.1) is 5.56 Å². The lowest BCUT2D eigenvalue weighted by atomic mass is 10.1. The Kier molecular flexibility index (Phi) is 4.57. The number of allylic oxidation sites excluding steroid dienone is 1. The van der Waals surface area contributed by atoms with Gasteiger partial charge in [-0.3, -0.25) is 4.79 Å². The van der Waals surface area contributed by atoms with Crippen molar-refractivity contribution < 1.29 is 14.3 Å². The first-order valence-electron chi connectivity index (χ1n) is 9.59. The largest absolute Gasteiger partial charge is 0.489 e. The topological polar surface area (TPSA) is 40.5 Å². The first kappa shape index (κ1) is 18.5. The third-order valence-electron chi connectivity index (χ3n) is 5.21. The Morgan fingerprint density at radius 3 is 2.73 bits per heavy atom. The van der Waals surface area contributed by atoms with Gasteiger partial charge in [0.15, 0.2) is 5.76 Å². The number of ether oxygens (including phenoxy) is 2. The first-order chi connectivity index (χ1) is 14.6. The molecule has 0 atom stereocenters. The van der Waals surface area contributed by atoms with E-state index in [0.717, 1.165) is 22.0 Å². The molecule has 2 heterocycles. The molecule has 1 aliphatic heterocycles. The predicted molar refractivity (Wildman–Crippen MR) is 118 cm³/mol. The number of aryl methyl sites for hydroxylation is 1. The number of Topliss-reactive ketones (excluding diaryl/α,β-unsaturated/α-hetero) is 1. The molecular weight excluding hydrogens is 398 g/mol. The Morgan fingerprint density at radius 1 is 1.07 bits per heavy atom. The van der Waals surface area contributed by atoms with Crippen LogP contribution in [0.25, 0.3) is 17.0 Å². The van der Waals surface area contributed by atoms with Crippen LogP contribution in [-0.2, 0) is 13.7 Å². The van der Waals surface area contributed by atoms with Crippen LogP contribution in [0.15, 0.2) is 78.7 Å². The molecule has 30 heavy (non-hydrogen) atoms. The van der Waals surface area contributed by atoms with E-state index >= 15 is 0 Å². The van der Waals surface area contributed by atoms with Gasteiger partial charge in [-0.1, -0.05) is 48.0 Å². The fourth-order valence-corrected chi connectivity index (χ4v) is 3.85. The molecule has 1 aromatic heterocycles. The van der Waals surface area contributed by atoms with Crippen LogP contribution in [0.4, 0.5) is 0 Å². The van der Waals surface area contributed by atoms with E-state index in [1.54, 1.807) is 24.3 Å². The first-order valence-corrected chi connectivity index (χ1v) is 9.96. The number of nitrogens with zero attached hydrogens (tertiary/aromatic N) is 1. The number of hydrogen-bond acceptors (Lipinski definition) is 3. The van der Waals surface area contributed by atoms with Crippen molar-refractivity contribution in [1.82, 2.24) is 4.57 Å². The summed E-state index contributed by atoms with van der Waals surface area (Å²) in [7, 11) is 1.99. The lowest BCUT2D eigenvalue weighted by molar-refractivity contribution is 0.101. The number of hydrogen-bond donors (Lipinski definition) is 0. The molecule has 0 fully saturated rings. The van der Waals surface area contributed by atoms with Gasteiger partial charge in [0, 0.05) is 46.4 Å². The number of ketones is 1. The number of fused-ring (bicyclic) bond motifs is 2. The van der Waals surface area contributed by atoms with Gasteiger partial charge in [0.1, 0.15) is 18.1 Å². The zero-order valence-corrected chi connectivity index (χ0v) is 17.0. The third-order valence-corrected chi connectivity index (χ3v) is 5.58. The number of carbonyl (C=O) groups is 1. The summed E-state index contributed by atoms with van der Waals surface area (Å²) in [4.78, 5) is 12.8. The average Bonchev–Trinajstić information content (AvgIpc) is 3.24. The second-order valence-corrected chi connectivity index (χ2v) is 7.60. The van der Waals surface area contributed by atoms with Crippen LogP contribution in [-0.4, -0.2) is 10.4 Å². The van der Waals surface area contributed by atoms with Crippen molar-refractivity contribution in [3.8, 4) is 11.5 Å². The molecule has 3 aromatic carbocycles. The summed E-state index contributed by atoms with van der Waals surface area (Å²) in [5, 5.41) is 1.73. The fraction of sp³-hybridized carbons (Fsp3) is 0.0800. The Balaban J connectivity index is 1.40. The highest BCUT2D eigenvalue weighted by molar-refractivity contribution is 6.31. The number of para-hydroxylation sites is 1. The normalized spacial score (nSPS) is 14.2. The fourth-order valence-electron chi connectivity index (χ4n) is 3.66. The second-order valence-electron chi connectivity index (χ2n) is 7.19. The molecule has 5 heteroatoms. The molecule has 1 aliphatic rings. The zero-order chi connectivity index (χ0) is 20.7. The van der Waals surface area contributed by atoms with Crippen molar-refractivity contribution in [2.24, 2.45) is 7.05 Å². The molecule has 4 nitrogen and oxygen atoms in total. The van der Waals surface area contributed by atoms with Crippen molar-refractivity contribution in [3.63, 3.8) is 0 Å². The minimum Gasteiger partial charge on any atom is -0.489 e.